The summed E-state index contributed by atoms with van der Waals surface area (Å²) in [4.78, 5) is 27.9. The number of nitrogens with one attached hydrogen (secondary N) is 1. The van der Waals surface area contributed by atoms with Crippen LogP contribution in [-0.2, 0) is 14.8 Å². The first-order chi connectivity index (χ1) is 13.5. The van der Waals surface area contributed by atoms with E-state index in [0.717, 1.165) is 12.8 Å². The lowest BCUT2D eigenvalue weighted by molar-refractivity contribution is 0.0503. The zero-order chi connectivity index (χ0) is 20.0. The number of benzene rings is 1. The molecule has 1 aliphatic heterocycles. The Balaban J connectivity index is 1.49. The molecular formula is C19H21N3O5S. The molecular weight excluding hydrogens is 382 g/mol. The maximum atomic E-state index is 12.5. The van der Waals surface area contributed by atoms with Crippen LogP contribution in [0.1, 0.15) is 33.6 Å². The fraction of sp³-hybridized carbons (Fsp3) is 0.316. The van der Waals surface area contributed by atoms with Gasteiger partial charge in [0.05, 0.1) is 22.6 Å². The van der Waals surface area contributed by atoms with E-state index >= 15 is 0 Å². The average molecular weight is 403 g/mol. The average Bonchev–Trinajstić information content (AvgIpc) is 3.27. The monoisotopic (exact) mass is 403 g/mol. The van der Waals surface area contributed by atoms with E-state index in [4.69, 9.17) is 4.74 Å². The van der Waals surface area contributed by atoms with E-state index in [1.165, 1.54) is 34.8 Å². The zero-order valence-electron chi connectivity index (χ0n) is 15.2. The summed E-state index contributed by atoms with van der Waals surface area (Å²) >= 11 is 0. The second kappa shape index (κ2) is 8.94. The summed E-state index contributed by atoms with van der Waals surface area (Å²) in [5.41, 5.74) is 0.669. The number of carbonyl (C=O) groups excluding carboxylic acids is 2. The lowest BCUT2D eigenvalue weighted by Gasteiger charge is -2.15. The maximum absolute atomic E-state index is 12.5. The third-order valence-corrected chi connectivity index (χ3v) is 6.25. The molecule has 1 aliphatic rings. The van der Waals surface area contributed by atoms with Gasteiger partial charge in [0.25, 0.3) is 5.91 Å². The van der Waals surface area contributed by atoms with Crippen LogP contribution in [0.2, 0.25) is 0 Å². The molecule has 0 atom stereocenters. The van der Waals surface area contributed by atoms with Gasteiger partial charge in [0.1, 0.15) is 6.61 Å². The number of esters is 1. The van der Waals surface area contributed by atoms with Crippen LogP contribution in [0, 0.1) is 0 Å². The Morgan fingerprint density at radius 1 is 1.07 bits per heavy atom. The van der Waals surface area contributed by atoms with E-state index in [9.17, 15) is 18.0 Å². The molecule has 0 radical (unpaired) electrons. The molecule has 28 heavy (non-hydrogen) atoms. The van der Waals surface area contributed by atoms with Gasteiger partial charge in [-0.1, -0.05) is 0 Å². The van der Waals surface area contributed by atoms with Gasteiger partial charge in [0.15, 0.2) is 0 Å². The Hall–Kier alpha value is -2.78. The Labute approximate surface area is 163 Å². The van der Waals surface area contributed by atoms with Crippen LogP contribution in [0.4, 0.5) is 0 Å². The van der Waals surface area contributed by atoms with Crippen LogP contribution in [0.3, 0.4) is 0 Å². The van der Waals surface area contributed by atoms with Gasteiger partial charge in [-0.3, -0.25) is 9.78 Å². The van der Waals surface area contributed by atoms with Crippen molar-refractivity contribution >= 4 is 21.9 Å². The standard InChI is InChI=1S/C19H21N3O5S/c23-18(16-4-3-9-20-14-16)21-10-13-27-19(24)15-5-7-17(8-6-15)28(25,26)22-11-1-2-12-22/h3-9,14H,1-2,10-13H2,(H,21,23). The molecule has 1 fully saturated rings. The summed E-state index contributed by atoms with van der Waals surface area (Å²) in [7, 11) is -3.51. The predicted octanol–water partition coefficient (Wildman–Crippen LogP) is 1.45. The minimum atomic E-state index is -3.51. The summed E-state index contributed by atoms with van der Waals surface area (Å²) in [5.74, 6) is -0.888. The van der Waals surface area contributed by atoms with Crippen molar-refractivity contribution in [2.45, 2.75) is 17.7 Å². The van der Waals surface area contributed by atoms with Crippen molar-refractivity contribution in [1.82, 2.24) is 14.6 Å². The highest BCUT2D eigenvalue weighted by Gasteiger charge is 2.27. The number of hydrogen-bond donors (Lipinski definition) is 1. The summed E-state index contributed by atoms with van der Waals surface area (Å²) in [5, 5.41) is 2.63. The molecule has 1 aromatic heterocycles. The topological polar surface area (TPSA) is 106 Å². The van der Waals surface area contributed by atoms with E-state index in [1.807, 2.05) is 0 Å². The highest BCUT2D eigenvalue weighted by Crippen LogP contribution is 2.21. The molecule has 1 aromatic carbocycles. The Bertz CT molecular complexity index is 924. The van der Waals surface area contributed by atoms with Crippen molar-refractivity contribution in [2.75, 3.05) is 26.2 Å². The molecule has 2 aromatic rings. The van der Waals surface area contributed by atoms with Crippen LogP contribution < -0.4 is 5.32 Å². The van der Waals surface area contributed by atoms with Gasteiger partial charge in [0, 0.05) is 25.5 Å². The van der Waals surface area contributed by atoms with Crippen LogP contribution in [0.25, 0.3) is 0 Å². The number of nitrogens with zero attached hydrogens (tertiary/aromatic N) is 2. The smallest absolute Gasteiger partial charge is 0.338 e. The summed E-state index contributed by atoms with van der Waals surface area (Å²) in [6.07, 6.45) is 4.74. The molecule has 8 nitrogen and oxygen atoms in total. The first-order valence-corrected chi connectivity index (χ1v) is 10.4. The number of aromatic nitrogens is 1. The van der Waals surface area contributed by atoms with Crippen LogP contribution in [0.15, 0.2) is 53.7 Å². The van der Waals surface area contributed by atoms with Crippen LogP contribution in [-0.4, -0.2) is 55.8 Å². The summed E-state index contributed by atoms with van der Waals surface area (Å²) in [6, 6.07) is 8.97. The minimum absolute atomic E-state index is 0.00133. The first-order valence-electron chi connectivity index (χ1n) is 8.94. The van der Waals surface area contributed by atoms with Crippen molar-refractivity contribution in [3.63, 3.8) is 0 Å². The van der Waals surface area contributed by atoms with Crippen molar-refractivity contribution in [3.05, 3.63) is 59.9 Å². The van der Waals surface area contributed by atoms with Crippen molar-refractivity contribution in [3.8, 4) is 0 Å². The molecule has 0 bridgehead atoms. The van der Waals surface area contributed by atoms with Crippen molar-refractivity contribution in [1.29, 1.82) is 0 Å². The molecule has 0 unspecified atom stereocenters. The van der Waals surface area contributed by atoms with Gasteiger partial charge >= 0.3 is 5.97 Å². The maximum Gasteiger partial charge on any atom is 0.338 e. The molecule has 3 rings (SSSR count). The number of amides is 1. The lowest BCUT2D eigenvalue weighted by Crippen LogP contribution is -2.28. The van der Waals surface area contributed by atoms with E-state index in [-0.39, 0.29) is 29.5 Å². The van der Waals surface area contributed by atoms with Crippen molar-refractivity contribution < 1.29 is 22.7 Å². The molecule has 1 saturated heterocycles. The van der Waals surface area contributed by atoms with E-state index in [2.05, 4.69) is 10.3 Å². The van der Waals surface area contributed by atoms with E-state index < -0.39 is 16.0 Å². The van der Waals surface area contributed by atoms with Crippen LogP contribution in [0.5, 0.6) is 0 Å². The molecule has 0 spiro atoms. The fourth-order valence-corrected chi connectivity index (χ4v) is 4.35. The van der Waals surface area contributed by atoms with Gasteiger partial charge in [-0.05, 0) is 49.2 Å². The van der Waals surface area contributed by atoms with Gasteiger partial charge in [-0.25, -0.2) is 13.2 Å². The Morgan fingerprint density at radius 3 is 2.43 bits per heavy atom. The second-order valence-electron chi connectivity index (χ2n) is 6.27. The number of ether oxygens (including phenoxy) is 1. The number of carbonyl (C=O) groups is 2. The Morgan fingerprint density at radius 2 is 1.79 bits per heavy atom. The summed E-state index contributed by atoms with van der Waals surface area (Å²) < 4.78 is 31.5. The van der Waals surface area contributed by atoms with Gasteiger partial charge in [-0.2, -0.15) is 4.31 Å². The zero-order valence-corrected chi connectivity index (χ0v) is 16.0. The number of pyridine rings is 1. The normalized spacial score (nSPS) is 14.6. The highest BCUT2D eigenvalue weighted by atomic mass is 32.2. The van der Waals surface area contributed by atoms with E-state index in [0.29, 0.717) is 18.7 Å². The number of rotatable bonds is 7. The molecule has 0 aliphatic carbocycles. The van der Waals surface area contributed by atoms with Gasteiger partial charge < -0.3 is 10.1 Å². The number of hydrogen-bond acceptors (Lipinski definition) is 6. The third kappa shape index (κ3) is 4.73. The molecule has 9 heteroatoms. The van der Waals surface area contributed by atoms with Crippen LogP contribution >= 0.6 is 0 Å². The molecule has 1 N–H and O–H groups in total. The van der Waals surface area contributed by atoms with Gasteiger partial charge in [-0.15, -0.1) is 0 Å². The fourth-order valence-electron chi connectivity index (χ4n) is 2.83. The molecule has 148 valence electrons. The molecule has 0 saturated carbocycles. The minimum Gasteiger partial charge on any atom is -0.460 e. The van der Waals surface area contributed by atoms with Gasteiger partial charge in [0.2, 0.25) is 10.0 Å². The summed E-state index contributed by atoms with van der Waals surface area (Å²) in [6.45, 7) is 1.20. The van der Waals surface area contributed by atoms with Crippen molar-refractivity contribution in [2.24, 2.45) is 0 Å². The largest absolute Gasteiger partial charge is 0.460 e. The third-order valence-electron chi connectivity index (χ3n) is 4.34. The lowest BCUT2D eigenvalue weighted by atomic mass is 10.2. The Kier molecular flexibility index (Phi) is 6.37. The number of sulfonamides is 1. The second-order valence-corrected chi connectivity index (χ2v) is 8.21. The molecule has 2 heterocycles. The highest BCUT2D eigenvalue weighted by molar-refractivity contribution is 7.89. The first kappa shape index (κ1) is 20.0. The predicted molar refractivity (Wildman–Crippen MR) is 101 cm³/mol. The SMILES string of the molecule is O=C(NCCOC(=O)c1ccc(S(=O)(=O)N2CCCC2)cc1)c1cccnc1. The quantitative estimate of drug-likeness (QED) is 0.554. The molecule has 1 amide bonds. The van der Waals surface area contributed by atoms with E-state index in [1.54, 1.807) is 18.3 Å².